The van der Waals surface area contributed by atoms with Crippen LogP contribution in [0.25, 0.3) is 0 Å². The van der Waals surface area contributed by atoms with Gasteiger partial charge < -0.3 is 9.47 Å². The van der Waals surface area contributed by atoms with Crippen molar-refractivity contribution < 1.29 is 14.3 Å². The molecular weight excluding hydrogens is 360 g/mol. The van der Waals surface area contributed by atoms with Crippen LogP contribution in [0.1, 0.15) is 33.6 Å². The Kier molecular flexibility index (Phi) is 6.41. The summed E-state index contributed by atoms with van der Waals surface area (Å²) in [6.45, 7) is 8.54. The molecule has 1 aromatic heterocycles. The van der Waals surface area contributed by atoms with Gasteiger partial charge in [-0.2, -0.15) is 0 Å². The molecule has 0 radical (unpaired) electrons. The van der Waals surface area contributed by atoms with Crippen LogP contribution in [0.5, 0.6) is 5.88 Å². The molecule has 0 saturated carbocycles. The Morgan fingerprint density at radius 2 is 2.04 bits per heavy atom. The van der Waals surface area contributed by atoms with E-state index < -0.39 is 5.60 Å². The first kappa shape index (κ1) is 18.2. The van der Waals surface area contributed by atoms with Gasteiger partial charge in [0.1, 0.15) is 5.60 Å². The third-order valence-corrected chi connectivity index (χ3v) is 4.12. The van der Waals surface area contributed by atoms with Gasteiger partial charge in [0.2, 0.25) is 5.88 Å². The van der Waals surface area contributed by atoms with Gasteiger partial charge in [-0.1, -0.05) is 0 Å². The van der Waals surface area contributed by atoms with Crippen molar-refractivity contribution in [1.82, 2.24) is 9.88 Å². The largest absolute Gasteiger partial charge is 0.477 e. The van der Waals surface area contributed by atoms with Crippen LogP contribution in [0, 0.1) is 5.92 Å². The van der Waals surface area contributed by atoms with Crippen LogP contribution >= 0.6 is 15.9 Å². The molecule has 2 heterocycles. The van der Waals surface area contributed by atoms with Crippen molar-refractivity contribution in [2.75, 3.05) is 26.2 Å². The number of nitrogens with zero attached hydrogens (tertiary/aromatic N) is 2. The van der Waals surface area contributed by atoms with E-state index in [-0.39, 0.29) is 5.97 Å². The maximum Gasteiger partial charge on any atom is 0.320 e. The second kappa shape index (κ2) is 8.11. The second-order valence-corrected chi connectivity index (χ2v) is 7.85. The van der Waals surface area contributed by atoms with E-state index >= 15 is 0 Å². The number of rotatable bonds is 5. The summed E-state index contributed by atoms with van der Waals surface area (Å²) in [5, 5.41) is 0. The van der Waals surface area contributed by atoms with Crippen molar-refractivity contribution in [3.05, 3.63) is 22.8 Å². The third-order valence-electron chi connectivity index (χ3n) is 3.65. The van der Waals surface area contributed by atoms with Gasteiger partial charge in [-0.3, -0.25) is 9.69 Å². The number of hydrogen-bond donors (Lipinski definition) is 0. The van der Waals surface area contributed by atoms with Crippen molar-refractivity contribution >= 4 is 21.9 Å². The molecule has 0 unspecified atom stereocenters. The fourth-order valence-electron chi connectivity index (χ4n) is 2.52. The Morgan fingerprint density at radius 1 is 1.35 bits per heavy atom. The smallest absolute Gasteiger partial charge is 0.320 e. The summed E-state index contributed by atoms with van der Waals surface area (Å²) in [5.74, 6) is 1.02. The minimum absolute atomic E-state index is 0.147. The lowest BCUT2D eigenvalue weighted by Crippen LogP contribution is -2.40. The first-order valence-corrected chi connectivity index (χ1v) is 8.80. The average molecular weight is 385 g/mol. The maximum absolute atomic E-state index is 11.8. The first-order valence-electron chi connectivity index (χ1n) is 8.00. The molecule has 23 heavy (non-hydrogen) atoms. The average Bonchev–Trinajstić information content (AvgIpc) is 2.46. The molecule has 0 atom stereocenters. The van der Waals surface area contributed by atoms with E-state index in [2.05, 4.69) is 25.8 Å². The summed E-state index contributed by atoms with van der Waals surface area (Å²) in [6.07, 6.45) is 3.79. The normalized spacial score (nSPS) is 17.0. The lowest BCUT2D eigenvalue weighted by Gasteiger charge is -2.31. The summed E-state index contributed by atoms with van der Waals surface area (Å²) < 4.78 is 12.1. The summed E-state index contributed by atoms with van der Waals surface area (Å²) in [6, 6.07) is 3.79. The fourth-order valence-corrected chi connectivity index (χ4v) is 2.75. The van der Waals surface area contributed by atoms with Gasteiger partial charge in [-0.05, 0) is 74.6 Å². The molecule has 6 heteroatoms. The molecule has 0 N–H and O–H groups in total. The van der Waals surface area contributed by atoms with Crippen molar-refractivity contribution in [2.24, 2.45) is 5.92 Å². The lowest BCUT2D eigenvalue weighted by atomic mass is 9.98. The molecule has 1 aliphatic rings. The number of carbonyl (C=O) groups is 1. The summed E-state index contributed by atoms with van der Waals surface area (Å²) in [4.78, 5) is 18.2. The van der Waals surface area contributed by atoms with Crippen molar-refractivity contribution in [3.8, 4) is 5.88 Å². The molecule has 1 saturated heterocycles. The van der Waals surface area contributed by atoms with E-state index in [1.165, 1.54) is 0 Å². The highest BCUT2D eigenvalue weighted by atomic mass is 79.9. The monoisotopic (exact) mass is 384 g/mol. The third kappa shape index (κ3) is 6.87. The molecule has 1 aromatic rings. The van der Waals surface area contributed by atoms with Crippen molar-refractivity contribution in [1.29, 1.82) is 0 Å². The van der Waals surface area contributed by atoms with Crippen LogP contribution in [0.4, 0.5) is 0 Å². The summed E-state index contributed by atoms with van der Waals surface area (Å²) in [5.41, 5.74) is -0.416. The van der Waals surface area contributed by atoms with Gasteiger partial charge in [0, 0.05) is 16.7 Å². The predicted molar refractivity (Wildman–Crippen MR) is 92.4 cm³/mol. The number of aromatic nitrogens is 1. The zero-order valence-electron chi connectivity index (χ0n) is 14.0. The van der Waals surface area contributed by atoms with Crippen molar-refractivity contribution in [2.45, 2.75) is 39.2 Å². The van der Waals surface area contributed by atoms with Gasteiger partial charge in [0.25, 0.3) is 0 Å². The van der Waals surface area contributed by atoms with E-state index in [4.69, 9.17) is 9.47 Å². The Hall–Kier alpha value is -1.14. The number of halogens is 1. The van der Waals surface area contributed by atoms with Crippen LogP contribution in [-0.2, 0) is 9.53 Å². The summed E-state index contributed by atoms with van der Waals surface area (Å²) >= 11 is 3.36. The topological polar surface area (TPSA) is 51.7 Å². The van der Waals surface area contributed by atoms with Crippen LogP contribution in [0.15, 0.2) is 22.8 Å². The Morgan fingerprint density at radius 3 is 2.61 bits per heavy atom. The van der Waals surface area contributed by atoms with Gasteiger partial charge in [-0.15, -0.1) is 0 Å². The molecule has 128 valence electrons. The molecular formula is C17H25BrN2O3. The van der Waals surface area contributed by atoms with Crippen LogP contribution in [0.3, 0.4) is 0 Å². The number of piperidine rings is 1. The summed E-state index contributed by atoms with van der Waals surface area (Å²) in [7, 11) is 0. The van der Waals surface area contributed by atoms with Crippen LogP contribution in [0.2, 0.25) is 0 Å². The zero-order chi connectivity index (χ0) is 16.9. The van der Waals surface area contributed by atoms with E-state index in [1.54, 1.807) is 6.20 Å². The SMILES string of the molecule is CC(C)(C)OC(=O)CN1CCC(COc2ccc(Br)cn2)CC1. The minimum Gasteiger partial charge on any atom is -0.477 e. The van der Waals surface area contributed by atoms with E-state index in [0.29, 0.717) is 24.9 Å². The highest BCUT2D eigenvalue weighted by molar-refractivity contribution is 9.10. The fraction of sp³-hybridized carbons (Fsp3) is 0.647. The lowest BCUT2D eigenvalue weighted by molar-refractivity contribution is -0.156. The number of ether oxygens (including phenoxy) is 2. The maximum atomic E-state index is 11.8. The Balaban J connectivity index is 1.67. The number of carbonyl (C=O) groups excluding carboxylic acids is 1. The van der Waals surface area contributed by atoms with E-state index in [9.17, 15) is 4.79 Å². The number of pyridine rings is 1. The molecule has 1 aliphatic heterocycles. The molecule has 0 spiro atoms. The molecule has 0 amide bonds. The number of hydrogen-bond acceptors (Lipinski definition) is 5. The van der Waals surface area contributed by atoms with Crippen LogP contribution < -0.4 is 4.74 Å². The molecule has 0 aromatic carbocycles. The van der Waals surface area contributed by atoms with Crippen molar-refractivity contribution in [3.63, 3.8) is 0 Å². The standard InChI is InChI=1S/C17H25BrN2O3/c1-17(2,3)23-16(21)11-20-8-6-13(7-9-20)12-22-15-5-4-14(18)10-19-15/h4-5,10,13H,6-9,11-12H2,1-3H3. The van der Waals surface area contributed by atoms with E-state index in [1.807, 2.05) is 32.9 Å². The van der Waals surface area contributed by atoms with Gasteiger partial charge >= 0.3 is 5.97 Å². The van der Waals surface area contributed by atoms with Gasteiger partial charge in [0.05, 0.1) is 13.2 Å². The first-order chi connectivity index (χ1) is 10.8. The zero-order valence-corrected chi connectivity index (χ0v) is 15.6. The number of esters is 1. The molecule has 0 bridgehead atoms. The molecule has 5 nitrogen and oxygen atoms in total. The Bertz CT molecular complexity index is 506. The molecule has 1 fully saturated rings. The Labute approximate surface area is 146 Å². The minimum atomic E-state index is -0.416. The predicted octanol–water partition coefficient (Wildman–Crippen LogP) is 3.28. The second-order valence-electron chi connectivity index (χ2n) is 6.93. The quantitative estimate of drug-likeness (QED) is 0.729. The van der Waals surface area contributed by atoms with E-state index in [0.717, 1.165) is 30.4 Å². The van der Waals surface area contributed by atoms with Gasteiger partial charge in [-0.25, -0.2) is 4.98 Å². The molecule has 0 aliphatic carbocycles. The molecule has 2 rings (SSSR count). The van der Waals surface area contributed by atoms with Gasteiger partial charge in [0.15, 0.2) is 0 Å². The highest BCUT2D eigenvalue weighted by Gasteiger charge is 2.24. The number of likely N-dealkylation sites (tertiary alicyclic amines) is 1. The van der Waals surface area contributed by atoms with Crippen LogP contribution in [-0.4, -0.2) is 47.7 Å². The highest BCUT2D eigenvalue weighted by Crippen LogP contribution is 2.19.